The molecular formula is C15H29BN2S. The lowest BCUT2D eigenvalue weighted by Gasteiger charge is -2.22. The van der Waals surface area contributed by atoms with E-state index in [1.54, 1.807) is 0 Å². The maximum Gasteiger partial charge on any atom is 0.179 e. The van der Waals surface area contributed by atoms with Crippen LogP contribution >= 0.6 is 12.2 Å². The van der Waals surface area contributed by atoms with Crippen molar-refractivity contribution in [3.8, 4) is 0 Å². The summed E-state index contributed by atoms with van der Waals surface area (Å²) >= 11 is 5.37. The first-order valence-corrected chi connectivity index (χ1v) is 7.85. The summed E-state index contributed by atoms with van der Waals surface area (Å²) in [4.78, 5) is 0. The molecule has 1 unspecified atom stereocenters. The van der Waals surface area contributed by atoms with Gasteiger partial charge in [0.15, 0.2) is 4.77 Å². The summed E-state index contributed by atoms with van der Waals surface area (Å²) in [7, 11) is 10.4. The Morgan fingerprint density at radius 2 is 1.53 bits per heavy atom. The molecule has 0 aromatic carbocycles. The van der Waals surface area contributed by atoms with Crippen molar-refractivity contribution in [3.05, 3.63) is 16.2 Å². The van der Waals surface area contributed by atoms with E-state index >= 15 is 0 Å². The molecule has 108 valence electrons. The minimum atomic E-state index is -0.0772. The molecule has 1 heterocycles. The van der Waals surface area contributed by atoms with E-state index in [9.17, 15) is 0 Å². The second-order valence-corrected chi connectivity index (χ2v) is 5.34. The second kappa shape index (κ2) is 7.93. The molecule has 0 saturated heterocycles. The molecule has 2 nitrogen and oxygen atoms in total. The third-order valence-electron chi connectivity index (χ3n) is 3.45. The normalized spacial score (nSPS) is 21.2. The highest BCUT2D eigenvalue weighted by molar-refractivity contribution is 7.71. The number of rotatable bonds is 0. The topological polar surface area (TPSA) is 9.86 Å². The first-order chi connectivity index (χ1) is 8.92. The van der Waals surface area contributed by atoms with Crippen molar-refractivity contribution in [1.29, 1.82) is 0 Å². The SMILES string of the molecule is CC.CC.[B]C1(C)CCCc2c(n(C)c(=S)n2C)C1. The largest absolute Gasteiger partial charge is 0.324 e. The van der Waals surface area contributed by atoms with Crippen molar-refractivity contribution < 1.29 is 0 Å². The van der Waals surface area contributed by atoms with Crippen LogP contribution in [0.3, 0.4) is 0 Å². The van der Waals surface area contributed by atoms with Crippen molar-refractivity contribution in [2.75, 3.05) is 0 Å². The van der Waals surface area contributed by atoms with Gasteiger partial charge in [-0.3, -0.25) is 0 Å². The van der Waals surface area contributed by atoms with Crippen LogP contribution in [0.15, 0.2) is 0 Å². The zero-order valence-corrected chi connectivity index (χ0v) is 14.5. The van der Waals surface area contributed by atoms with Crippen molar-refractivity contribution in [1.82, 2.24) is 9.13 Å². The predicted octanol–water partition coefficient (Wildman–Crippen LogP) is 4.37. The summed E-state index contributed by atoms with van der Waals surface area (Å²) < 4.78 is 5.14. The number of hydrogen-bond acceptors (Lipinski definition) is 1. The summed E-state index contributed by atoms with van der Waals surface area (Å²) in [6, 6.07) is 0. The van der Waals surface area contributed by atoms with Crippen molar-refractivity contribution in [2.45, 2.75) is 65.6 Å². The van der Waals surface area contributed by atoms with Crippen molar-refractivity contribution >= 4 is 20.1 Å². The predicted molar refractivity (Wildman–Crippen MR) is 88.7 cm³/mol. The maximum absolute atomic E-state index is 6.26. The van der Waals surface area contributed by atoms with Gasteiger partial charge in [0.1, 0.15) is 0 Å². The zero-order valence-electron chi connectivity index (χ0n) is 13.7. The standard InChI is InChI=1S/C11H17BN2S.2C2H6/c1-11(12)6-4-5-8-9(7-11)14(3)10(15)13(8)2;2*1-2/h4-7H2,1-3H3;2*1-2H3. The third kappa shape index (κ3) is 4.23. The molecule has 1 aromatic heterocycles. The van der Waals surface area contributed by atoms with Crippen LogP contribution in [0.25, 0.3) is 0 Å². The first kappa shape index (κ1) is 18.5. The van der Waals surface area contributed by atoms with E-state index in [1.807, 2.05) is 34.7 Å². The third-order valence-corrected chi connectivity index (χ3v) is 4.00. The minimum absolute atomic E-state index is 0.0772. The summed E-state index contributed by atoms with van der Waals surface area (Å²) in [6.45, 7) is 10.1. The molecule has 0 saturated carbocycles. The van der Waals surface area contributed by atoms with Crippen LogP contribution in [-0.2, 0) is 26.9 Å². The maximum atomic E-state index is 6.26. The fourth-order valence-corrected chi connectivity index (χ4v) is 2.73. The average molecular weight is 280 g/mol. The second-order valence-electron chi connectivity index (χ2n) is 4.98. The van der Waals surface area contributed by atoms with Gasteiger partial charge < -0.3 is 9.13 Å². The van der Waals surface area contributed by atoms with Gasteiger partial charge >= 0.3 is 0 Å². The first-order valence-electron chi connectivity index (χ1n) is 7.45. The van der Waals surface area contributed by atoms with Gasteiger partial charge in [-0.15, -0.1) is 0 Å². The molecule has 19 heavy (non-hydrogen) atoms. The van der Waals surface area contributed by atoms with Crippen LogP contribution in [0.2, 0.25) is 5.31 Å². The molecule has 2 rings (SSSR count). The van der Waals surface area contributed by atoms with Gasteiger partial charge in [0.2, 0.25) is 0 Å². The monoisotopic (exact) mass is 280 g/mol. The number of hydrogen-bond donors (Lipinski definition) is 0. The van der Waals surface area contributed by atoms with Gasteiger partial charge in [0.25, 0.3) is 0 Å². The molecule has 1 atom stereocenters. The highest BCUT2D eigenvalue weighted by Crippen LogP contribution is 2.37. The van der Waals surface area contributed by atoms with Crippen molar-refractivity contribution in [2.24, 2.45) is 14.1 Å². The van der Waals surface area contributed by atoms with E-state index in [0.717, 1.165) is 30.5 Å². The molecule has 0 spiro atoms. The van der Waals surface area contributed by atoms with Gasteiger partial charge in [-0.25, -0.2) is 0 Å². The number of imidazole rings is 1. The molecule has 2 radical (unpaired) electrons. The molecule has 1 aromatic rings. The Kier molecular flexibility index (Phi) is 7.72. The summed E-state index contributed by atoms with van der Waals surface area (Å²) in [5.41, 5.74) is 2.70. The van der Waals surface area contributed by atoms with Crippen LogP contribution in [0, 0.1) is 4.77 Å². The summed E-state index contributed by atoms with van der Waals surface area (Å²) in [5.74, 6) is 0. The van der Waals surface area contributed by atoms with E-state index < -0.39 is 0 Å². The molecule has 0 bridgehead atoms. The lowest BCUT2D eigenvalue weighted by atomic mass is 9.65. The Bertz CT molecular complexity index is 444. The van der Waals surface area contributed by atoms with Crippen LogP contribution in [0.1, 0.15) is 58.8 Å². The molecular weight excluding hydrogens is 251 g/mol. The van der Waals surface area contributed by atoms with Crippen LogP contribution < -0.4 is 0 Å². The number of fused-ring (bicyclic) bond motifs is 1. The van der Waals surface area contributed by atoms with Crippen LogP contribution in [-0.4, -0.2) is 17.0 Å². The fourth-order valence-electron chi connectivity index (χ4n) is 2.51. The minimum Gasteiger partial charge on any atom is -0.324 e. The van der Waals surface area contributed by atoms with E-state index in [4.69, 9.17) is 20.1 Å². The molecule has 4 heteroatoms. The lowest BCUT2D eigenvalue weighted by Crippen LogP contribution is -2.12. The molecule has 0 N–H and O–H groups in total. The quantitative estimate of drug-likeness (QED) is 0.390. The molecule has 1 aliphatic rings. The Balaban J connectivity index is 0.000000741. The van der Waals surface area contributed by atoms with Gasteiger partial charge in [0.05, 0.1) is 7.85 Å². The Labute approximate surface area is 125 Å². The van der Waals surface area contributed by atoms with Crippen LogP contribution in [0.5, 0.6) is 0 Å². The van der Waals surface area contributed by atoms with Gasteiger partial charge in [-0.05, 0) is 31.5 Å². The average Bonchev–Trinajstić information content (AvgIpc) is 2.57. The highest BCUT2D eigenvalue weighted by atomic mass is 32.1. The van der Waals surface area contributed by atoms with E-state index in [0.29, 0.717) is 0 Å². The number of nitrogens with zero attached hydrogens (tertiary/aromatic N) is 2. The zero-order chi connectivity index (χ0) is 15.2. The van der Waals surface area contributed by atoms with Crippen molar-refractivity contribution in [3.63, 3.8) is 0 Å². The van der Waals surface area contributed by atoms with E-state index in [1.165, 1.54) is 11.4 Å². The summed E-state index contributed by atoms with van der Waals surface area (Å²) in [5, 5.41) is -0.0772. The van der Waals surface area contributed by atoms with Gasteiger partial charge in [-0.1, -0.05) is 46.4 Å². The highest BCUT2D eigenvalue weighted by Gasteiger charge is 2.26. The molecule has 0 amide bonds. The van der Waals surface area contributed by atoms with E-state index in [-0.39, 0.29) is 5.31 Å². The van der Waals surface area contributed by atoms with E-state index in [2.05, 4.69) is 23.1 Å². The molecule has 1 aliphatic carbocycles. The number of aromatic nitrogens is 2. The Hall–Kier alpha value is -0.505. The van der Waals surface area contributed by atoms with Crippen LogP contribution in [0.4, 0.5) is 0 Å². The van der Waals surface area contributed by atoms with Gasteiger partial charge in [-0.2, -0.15) is 0 Å². The fraction of sp³-hybridized carbons (Fsp3) is 0.800. The molecule has 0 aliphatic heterocycles. The summed E-state index contributed by atoms with van der Waals surface area (Å²) in [6.07, 6.45) is 4.29. The smallest absolute Gasteiger partial charge is 0.179 e. The Morgan fingerprint density at radius 3 is 2.05 bits per heavy atom. The lowest BCUT2D eigenvalue weighted by molar-refractivity contribution is 0.536. The van der Waals surface area contributed by atoms with Gasteiger partial charge in [0, 0.05) is 25.5 Å². The Morgan fingerprint density at radius 1 is 1.05 bits per heavy atom. The molecule has 0 fully saturated rings.